The predicted molar refractivity (Wildman–Crippen MR) is 106 cm³/mol. The topological polar surface area (TPSA) is 68.3 Å². The van der Waals surface area contributed by atoms with Crippen LogP contribution in [0, 0.1) is 13.8 Å². The molecule has 1 atom stereocenters. The van der Waals surface area contributed by atoms with Gasteiger partial charge in [-0.25, -0.2) is 9.78 Å². The molecule has 1 heterocycles. The van der Waals surface area contributed by atoms with E-state index in [2.05, 4.69) is 10.3 Å². The number of nitrogens with one attached hydrogen (secondary N) is 1. The second kappa shape index (κ2) is 8.66. The van der Waals surface area contributed by atoms with E-state index in [-0.39, 0.29) is 10.6 Å². The van der Waals surface area contributed by atoms with Gasteiger partial charge in [-0.2, -0.15) is 13.2 Å². The maximum Gasteiger partial charge on any atom is 0.416 e. The SMILES string of the molecule is Cc1nc(C)c(C(=O)O[C@@H](C(=O)Nc2cccc(C(F)(F)F)c2)c2ccccc2)s1. The van der Waals surface area contributed by atoms with Crippen molar-refractivity contribution in [2.24, 2.45) is 0 Å². The quantitative estimate of drug-likeness (QED) is 0.552. The predicted octanol–water partition coefficient (Wildman–Crippen LogP) is 5.32. The molecular weight excluding hydrogens is 417 g/mol. The van der Waals surface area contributed by atoms with Gasteiger partial charge in [0.2, 0.25) is 6.10 Å². The summed E-state index contributed by atoms with van der Waals surface area (Å²) >= 11 is 1.14. The van der Waals surface area contributed by atoms with Gasteiger partial charge in [-0.3, -0.25) is 4.79 Å². The van der Waals surface area contributed by atoms with Crippen LogP contribution in [-0.4, -0.2) is 16.9 Å². The molecule has 1 amide bonds. The molecule has 0 saturated carbocycles. The number of halogens is 3. The van der Waals surface area contributed by atoms with E-state index in [0.29, 0.717) is 16.3 Å². The molecule has 0 radical (unpaired) electrons. The Kier molecular flexibility index (Phi) is 6.21. The number of aryl methyl sites for hydroxylation is 2. The fourth-order valence-electron chi connectivity index (χ4n) is 2.76. The molecule has 1 N–H and O–H groups in total. The number of rotatable bonds is 5. The van der Waals surface area contributed by atoms with Gasteiger partial charge in [-0.05, 0) is 32.0 Å². The van der Waals surface area contributed by atoms with Gasteiger partial charge in [0, 0.05) is 11.3 Å². The molecule has 0 aliphatic heterocycles. The average Bonchev–Trinajstić information content (AvgIpc) is 3.04. The third-order valence-electron chi connectivity index (χ3n) is 4.11. The van der Waals surface area contributed by atoms with Crippen molar-refractivity contribution < 1.29 is 27.5 Å². The highest BCUT2D eigenvalue weighted by molar-refractivity contribution is 7.13. The van der Waals surface area contributed by atoms with Crippen molar-refractivity contribution in [1.29, 1.82) is 0 Å². The number of aromatic nitrogens is 1. The first-order valence-corrected chi connectivity index (χ1v) is 9.65. The second-order valence-electron chi connectivity index (χ2n) is 6.41. The Morgan fingerprint density at radius 2 is 1.77 bits per heavy atom. The van der Waals surface area contributed by atoms with Gasteiger partial charge < -0.3 is 10.1 Å². The highest BCUT2D eigenvalue weighted by atomic mass is 32.1. The van der Waals surface area contributed by atoms with Crippen molar-refractivity contribution in [3.8, 4) is 0 Å². The zero-order valence-electron chi connectivity index (χ0n) is 16.0. The van der Waals surface area contributed by atoms with E-state index < -0.39 is 29.7 Å². The molecule has 156 valence electrons. The van der Waals surface area contributed by atoms with Gasteiger partial charge in [-0.1, -0.05) is 36.4 Å². The monoisotopic (exact) mass is 434 g/mol. The zero-order valence-corrected chi connectivity index (χ0v) is 16.8. The van der Waals surface area contributed by atoms with Gasteiger partial charge in [-0.15, -0.1) is 11.3 Å². The van der Waals surface area contributed by atoms with Crippen molar-refractivity contribution in [1.82, 2.24) is 4.98 Å². The third-order valence-corrected chi connectivity index (χ3v) is 5.16. The van der Waals surface area contributed by atoms with Gasteiger partial charge in [0.1, 0.15) is 4.88 Å². The number of ether oxygens (including phenoxy) is 1. The summed E-state index contributed by atoms with van der Waals surface area (Å²) in [6, 6.07) is 12.5. The first-order valence-electron chi connectivity index (χ1n) is 8.83. The van der Waals surface area contributed by atoms with Gasteiger partial charge in [0.05, 0.1) is 16.3 Å². The van der Waals surface area contributed by atoms with Crippen LogP contribution in [0.5, 0.6) is 0 Å². The summed E-state index contributed by atoms with van der Waals surface area (Å²) in [4.78, 5) is 29.9. The number of alkyl halides is 3. The Labute approximate surface area is 174 Å². The number of benzene rings is 2. The van der Waals surface area contributed by atoms with E-state index in [1.165, 1.54) is 12.1 Å². The van der Waals surface area contributed by atoms with Crippen LogP contribution in [0.3, 0.4) is 0 Å². The van der Waals surface area contributed by atoms with E-state index in [0.717, 1.165) is 23.5 Å². The number of thiazole rings is 1. The van der Waals surface area contributed by atoms with Crippen LogP contribution in [-0.2, 0) is 15.7 Å². The molecule has 0 spiro atoms. The van der Waals surface area contributed by atoms with Crippen LogP contribution in [0.1, 0.15) is 37.6 Å². The van der Waals surface area contributed by atoms with Crippen LogP contribution in [0.15, 0.2) is 54.6 Å². The Balaban J connectivity index is 1.87. The lowest BCUT2D eigenvalue weighted by Crippen LogP contribution is -2.26. The lowest BCUT2D eigenvalue weighted by Gasteiger charge is -2.18. The molecule has 0 aliphatic carbocycles. The number of anilines is 1. The van der Waals surface area contributed by atoms with Gasteiger partial charge >= 0.3 is 12.1 Å². The first kappa shape index (κ1) is 21.5. The largest absolute Gasteiger partial charge is 0.443 e. The summed E-state index contributed by atoms with van der Waals surface area (Å²) in [6.45, 7) is 3.39. The van der Waals surface area contributed by atoms with E-state index in [4.69, 9.17) is 4.74 Å². The maximum absolute atomic E-state index is 12.9. The lowest BCUT2D eigenvalue weighted by atomic mass is 10.1. The minimum atomic E-state index is -4.55. The minimum absolute atomic E-state index is 0.0587. The molecule has 5 nitrogen and oxygen atoms in total. The van der Waals surface area contributed by atoms with Gasteiger partial charge in [0.25, 0.3) is 5.91 Å². The van der Waals surface area contributed by atoms with Crippen molar-refractivity contribution in [3.63, 3.8) is 0 Å². The molecular formula is C21H17F3N2O3S. The summed E-state index contributed by atoms with van der Waals surface area (Å²) in [5, 5.41) is 3.07. The standard InChI is InChI=1S/C21H17F3N2O3S/c1-12-18(30-13(2)25-12)20(28)29-17(14-7-4-3-5-8-14)19(27)26-16-10-6-9-15(11-16)21(22,23)24/h3-11,17H,1-2H3,(H,26,27)/t17-/m1/s1. The fourth-order valence-corrected chi connectivity index (χ4v) is 3.57. The molecule has 3 rings (SSSR count). The summed E-state index contributed by atoms with van der Waals surface area (Å²) in [7, 11) is 0. The van der Waals surface area contributed by atoms with E-state index in [1.54, 1.807) is 44.2 Å². The smallest absolute Gasteiger partial charge is 0.416 e. The number of nitrogens with zero attached hydrogens (tertiary/aromatic N) is 1. The van der Waals surface area contributed by atoms with Crippen LogP contribution in [0.25, 0.3) is 0 Å². The van der Waals surface area contributed by atoms with E-state index >= 15 is 0 Å². The number of carbonyl (C=O) groups is 2. The molecule has 30 heavy (non-hydrogen) atoms. The van der Waals surface area contributed by atoms with Crippen molar-refractivity contribution in [2.45, 2.75) is 26.1 Å². The summed E-state index contributed by atoms with van der Waals surface area (Å²) in [6.07, 6.45) is -5.90. The molecule has 0 saturated heterocycles. The maximum atomic E-state index is 12.9. The minimum Gasteiger partial charge on any atom is -0.443 e. The number of hydrogen-bond donors (Lipinski definition) is 1. The normalized spacial score (nSPS) is 12.3. The Hall–Kier alpha value is -3.20. The third kappa shape index (κ3) is 5.04. The summed E-state index contributed by atoms with van der Waals surface area (Å²) < 4.78 is 44.3. The fraction of sp³-hybridized carbons (Fsp3) is 0.190. The summed E-state index contributed by atoms with van der Waals surface area (Å²) in [5.74, 6) is -1.50. The molecule has 9 heteroatoms. The van der Waals surface area contributed by atoms with E-state index in [1.807, 2.05) is 0 Å². The molecule has 0 fully saturated rings. The van der Waals surface area contributed by atoms with Crippen LogP contribution >= 0.6 is 11.3 Å². The van der Waals surface area contributed by atoms with Crippen LogP contribution < -0.4 is 5.32 Å². The molecule has 0 aliphatic rings. The van der Waals surface area contributed by atoms with Crippen molar-refractivity contribution in [2.75, 3.05) is 5.32 Å². The Morgan fingerprint density at radius 1 is 1.07 bits per heavy atom. The lowest BCUT2D eigenvalue weighted by molar-refractivity contribution is -0.137. The first-order chi connectivity index (χ1) is 14.1. The molecule has 1 aromatic heterocycles. The average molecular weight is 434 g/mol. The van der Waals surface area contributed by atoms with Crippen molar-refractivity contribution in [3.05, 3.63) is 81.3 Å². The van der Waals surface area contributed by atoms with Crippen LogP contribution in [0.4, 0.5) is 18.9 Å². The molecule has 0 unspecified atom stereocenters. The second-order valence-corrected chi connectivity index (χ2v) is 7.61. The molecule has 2 aromatic carbocycles. The number of carbonyl (C=O) groups excluding carboxylic acids is 2. The number of hydrogen-bond acceptors (Lipinski definition) is 5. The van der Waals surface area contributed by atoms with Crippen molar-refractivity contribution >= 4 is 28.9 Å². The Bertz CT molecular complexity index is 1060. The number of amides is 1. The molecule has 3 aromatic rings. The van der Waals surface area contributed by atoms with E-state index in [9.17, 15) is 22.8 Å². The summed E-state index contributed by atoms with van der Waals surface area (Å²) in [5.41, 5.74) is -0.0947. The highest BCUT2D eigenvalue weighted by Gasteiger charge is 2.31. The molecule has 0 bridgehead atoms. The Morgan fingerprint density at radius 3 is 2.37 bits per heavy atom. The highest BCUT2D eigenvalue weighted by Crippen LogP contribution is 2.31. The van der Waals surface area contributed by atoms with Crippen LogP contribution in [0.2, 0.25) is 0 Å². The zero-order chi connectivity index (χ0) is 21.9. The number of esters is 1. The van der Waals surface area contributed by atoms with Gasteiger partial charge in [0.15, 0.2) is 0 Å².